The van der Waals surface area contributed by atoms with Crippen LogP contribution in [0, 0.1) is 6.92 Å². The number of carboxylic acid groups (broad SMARTS) is 1. The van der Waals surface area contributed by atoms with Gasteiger partial charge < -0.3 is 9.51 Å². The van der Waals surface area contributed by atoms with E-state index in [-0.39, 0.29) is 16.6 Å². The number of pyridine rings is 1. The Hall–Kier alpha value is -3.61. The molecular weight excluding hydrogens is 407 g/mol. The van der Waals surface area contributed by atoms with Crippen LogP contribution in [-0.2, 0) is 12.6 Å². The van der Waals surface area contributed by atoms with Crippen LogP contribution in [0.5, 0.6) is 0 Å². The van der Waals surface area contributed by atoms with Gasteiger partial charge in [-0.1, -0.05) is 48.9 Å². The summed E-state index contributed by atoms with van der Waals surface area (Å²) in [5.41, 5.74) is -0.849. The molecule has 158 valence electrons. The lowest BCUT2D eigenvalue weighted by Gasteiger charge is -2.12. The number of hydrogen-bond acceptors (Lipinski definition) is 2. The van der Waals surface area contributed by atoms with E-state index in [2.05, 4.69) is 0 Å². The molecule has 4 nitrogen and oxygen atoms in total. The summed E-state index contributed by atoms with van der Waals surface area (Å²) < 4.78 is 43.3. The van der Waals surface area contributed by atoms with E-state index >= 15 is 0 Å². The predicted octanol–water partition coefficient (Wildman–Crippen LogP) is 5.91. The van der Waals surface area contributed by atoms with Crippen molar-refractivity contribution in [3.63, 3.8) is 0 Å². The molecule has 0 aliphatic heterocycles. The lowest BCUT2D eigenvalue weighted by Crippen LogP contribution is -2.16. The number of hydrogen-bond donors (Lipinski definition) is 1. The molecule has 2 aromatic carbocycles. The van der Waals surface area contributed by atoms with Gasteiger partial charge in [-0.15, -0.1) is 0 Å². The van der Waals surface area contributed by atoms with Gasteiger partial charge >= 0.3 is 12.1 Å². The fraction of sp³-hybridized carbons (Fsp3) is 0.167. The van der Waals surface area contributed by atoms with E-state index in [1.54, 1.807) is 30.3 Å². The molecule has 1 N–H and O–H groups in total. The Morgan fingerprint density at radius 3 is 2.16 bits per heavy atom. The van der Waals surface area contributed by atoms with Crippen LogP contribution < -0.4 is 0 Å². The molecule has 2 heterocycles. The van der Waals surface area contributed by atoms with Gasteiger partial charge in [-0.2, -0.15) is 13.2 Å². The lowest BCUT2D eigenvalue weighted by atomic mass is 9.98. The molecule has 0 fully saturated rings. The number of carboxylic acids is 1. The monoisotopic (exact) mass is 425 g/mol. The predicted molar refractivity (Wildman–Crippen MR) is 111 cm³/mol. The third-order valence-corrected chi connectivity index (χ3v) is 5.39. The molecule has 0 amide bonds. The third-order valence-electron chi connectivity index (χ3n) is 5.39. The minimum absolute atomic E-state index is 0.0907. The van der Waals surface area contributed by atoms with Crippen LogP contribution in [0.3, 0.4) is 0 Å². The molecular formula is C24H18F3NO3. The molecule has 0 radical (unpaired) electrons. The average Bonchev–Trinajstić information content (AvgIpc) is 3.09. The summed E-state index contributed by atoms with van der Waals surface area (Å²) in [7, 11) is 0. The minimum atomic E-state index is -4.99. The topological polar surface area (TPSA) is 58.8 Å². The summed E-state index contributed by atoms with van der Waals surface area (Å²) in [5.74, 6) is -2.57. The summed E-state index contributed by atoms with van der Waals surface area (Å²) in [4.78, 5) is 25.2. The van der Waals surface area contributed by atoms with Gasteiger partial charge in [0.2, 0.25) is 0 Å². The van der Waals surface area contributed by atoms with Crippen molar-refractivity contribution in [2.75, 3.05) is 0 Å². The molecule has 0 atom stereocenters. The highest BCUT2D eigenvalue weighted by molar-refractivity contribution is 6.19. The van der Waals surface area contributed by atoms with Crippen LogP contribution in [0.1, 0.15) is 50.0 Å². The highest BCUT2D eigenvalue weighted by Crippen LogP contribution is 2.39. The van der Waals surface area contributed by atoms with Crippen LogP contribution >= 0.6 is 0 Å². The second kappa shape index (κ2) is 7.27. The van der Waals surface area contributed by atoms with E-state index < -0.39 is 34.7 Å². The van der Waals surface area contributed by atoms with E-state index in [0.717, 1.165) is 15.5 Å². The van der Waals surface area contributed by atoms with Gasteiger partial charge in [0.05, 0.1) is 16.6 Å². The van der Waals surface area contributed by atoms with E-state index in [4.69, 9.17) is 0 Å². The summed E-state index contributed by atoms with van der Waals surface area (Å²) in [6.45, 7) is 3.74. The number of rotatable bonds is 4. The molecule has 2 aromatic heterocycles. The number of benzene rings is 2. The van der Waals surface area contributed by atoms with Gasteiger partial charge in [0.1, 0.15) is 11.3 Å². The molecule has 0 unspecified atom stereocenters. The zero-order valence-electron chi connectivity index (χ0n) is 16.7. The minimum Gasteiger partial charge on any atom is -0.478 e. The number of fused-ring (bicyclic) bond motifs is 3. The molecule has 4 rings (SSSR count). The molecule has 0 saturated heterocycles. The summed E-state index contributed by atoms with van der Waals surface area (Å²) in [5, 5.41) is 10.3. The van der Waals surface area contributed by atoms with Gasteiger partial charge in [-0.25, -0.2) is 4.79 Å². The Kier molecular flexibility index (Phi) is 4.84. The zero-order valence-corrected chi connectivity index (χ0v) is 16.7. The Balaban J connectivity index is 2.16. The average molecular weight is 425 g/mol. The fourth-order valence-corrected chi connectivity index (χ4v) is 3.88. The van der Waals surface area contributed by atoms with Crippen LogP contribution in [-0.4, -0.2) is 21.3 Å². The van der Waals surface area contributed by atoms with Gasteiger partial charge in [0, 0.05) is 5.56 Å². The second-order valence-electron chi connectivity index (χ2n) is 7.40. The van der Waals surface area contributed by atoms with Crippen molar-refractivity contribution in [1.29, 1.82) is 0 Å². The first-order valence-corrected chi connectivity index (χ1v) is 9.65. The second-order valence-corrected chi connectivity index (χ2v) is 7.40. The maximum absolute atomic E-state index is 14.1. The molecule has 0 aliphatic rings. The van der Waals surface area contributed by atoms with Crippen molar-refractivity contribution in [1.82, 2.24) is 4.40 Å². The molecule has 0 bridgehead atoms. The molecule has 0 aliphatic carbocycles. The van der Waals surface area contributed by atoms with Crippen molar-refractivity contribution < 1.29 is 27.9 Å². The van der Waals surface area contributed by atoms with E-state index in [1.165, 1.54) is 24.3 Å². The maximum atomic E-state index is 14.1. The Morgan fingerprint density at radius 2 is 1.58 bits per heavy atom. The normalized spacial score (nSPS) is 11.9. The largest absolute Gasteiger partial charge is 0.478 e. The zero-order chi connectivity index (χ0) is 22.5. The van der Waals surface area contributed by atoms with E-state index in [0.29, 0.717) is 11.8 Å². The van der Waals surface area contributed by atoms with E-state index in [9.17, 15) is 27.9 Å². The number of aromatic nitrogens is 1. The highest BCUT2D eigenvalue weighted by atomic mass is 19.4. The number of carbonyl (C=O) groups is 2. The van der Waals surface area contributed by atoms with Crippen molar-refractivity contribution in [2.45, 2.75) is 26.4 Å². The van der Waals surface area contributed by atoms with Gasteiger partial charge in [0.25, 0.3) is 0 Å². The van der Waals surface area contributed by atoms with Crippen molar-refractivity contribution in [3.8, 4) is 0 Å². The van der Waals surface area contributed by atoms with Crippen LogP contribution in [0.4, 0.5) is 13.2 Å². The molecule has 4 aromatic rings. The van der Waals surface area contributed by atoms with Crippen molar-refractivity contribution >= 4 is 28.2 Å². The number of halogens is 3. The maximum Gasteiger partial charge on any atom is 0.432 e. The number of aryl methyl sites for hydroxylation is 2. The number of aromatic carboxylic acids is 1. The quantitative estimate of drug-likeness (QED) is 0.414. The standard InChI is InChI=1S/C24H18F3NO3/c1-3-14-6-10-17-16(12-14)9-11-18-19(21(29)15-7-4-13(2)5-8-15)20(23(30)31)22(28(17)18)24(25,26)27/h4-12H,3H2,1-2H3,(H,30,31). The smallest absolute Gasteiger partial charge is 0.432 e. The number of nitrogens with zero attached hydrogens (tertiary/aromatic N) is 1. The van der Waals surface area contributed by atoms with Crippen molar-refractivity contribution in [2.24, 2.45) is 0 Å². The first kappa shape index (κ1) is 20.7. The SMILES string of the molecule is CCc1ccc2c(ccc3c(C(=O)c4ccc(C)cc4)c(C(=O)O)c(C(F)(F)F)n32)c1. The van der Waals surface area contributed by atoms with Gasteiger partial charge in [0.15, 0.2) is 5.78 Å². The molecule has 0 saturated carbocycles. The lowest BCUT2D eigenvalue weighted by molar-refractivity contribution is -0.142. The Labute approximate surface area is 175 Å². The highest BCUT2D eigenvalue weighted by Gasteiger charge is 2.43. The van der Waals surface area contributed by atoms with Gasteiger partial charge in [-0.3, -0.25) is 4.79 Å². The van der Waals surface area contributed by atoms with Crippen molar-refractivity contribution in [3.05, 3.63) is 88.1 Å². The first-order valence-electron chi connectivity index (χ1n) is 9.65. The molecule has 0 spiro atoms. The number of carbonyl (C=O) groups excluding carboxylic acids is 1. The molecule has 7 heteroatoms. The Bertz CT molecular complexity index is 1350. The summed E-state index contributed by atoms with van der Waals surface area (Å²) in [6.07, 6.45) is -4.29. The van der Waals surface area contributed by atoms with E-state index in [1.807, 2.05) is 13.8 Å². The van der Waals surface area contributed by atoms with Crippen LogP contribution in [0.15, 0.2) is 54.6 Å². The number of ketones is 1. The fourth-order valence-electron chi connectivity index (χ4n) is 3.88. The Morgan fingerprint density at radius 1 is 0.935 bits per heavy atom. The third kappa shape index (κ3) is 3.36. The number of alkyl halides is 3. The first-order chi connectivity index (χ1) is 14.6. The van der Waals surface area contributed by atoms with Crippen LogP contribution in [0.25, 0.3) is 16.4 Å². The summed E-state index contributed by atoms with van der Waals surface area (Å²) >= 11 is 0. The van der Waals surface area contributed by atoms with Crippen LogP contribution in [0.2, 0.25) is 0 Å². The molecule has 31 heavy (non-hydrogen) atoms. The summed E-state index contributed by atoms with van der Waals surface area (Å²) in [6, 6.07) is 14.2. The van der Waals surface area contributed by atoms with Gasteiger partial charge in [-0.05, 0) is 42.5 Å².